The molecule has 0 bridgehead atoms. The monoisotopic (exact) mass is 400 g/mol. The molecular weight excluding hydrogens is 375 g/mol. The molecule has 3 rings (SSSR count). The highest BCUT2D eigenvalue weighted by molar-refractivity contribution is 8.00. The van der Waals surface area contributed by atoms with E-state index in [1.54, 1.807) is 24.3 Å². The average molecular weight is 401 g/mol. The van der Waals surface area contributed by atoms with Gasteiger partial charge in [0.2, 0.25) is 5.91 Å². The summed E-state index contributed by atoms with van der Waals surface area (Å²) in [4.78, 5) is 27.8. The van der Waals surface area contributed by atoms with Crippen molar-refractivity contribution in [3.63, 3.8) is 0 Å². The maximum atomic E-state index is 13.8. The minimum atomic E-state index is -0.481. The highest BCUT2D eigenvalue weighted by atomic mass is 32.2. The number of carbonyl (C=O) groups is 2. The standard InChI is InChI=1S/C22H25FN2O2S/c1-25(16-9-3-2-4-10-16)21(26)15-28-20-14-8-5-11-17(20)22(27)24-19-13-7-6-12-18(19)23/h5-8,11-14,16H,2-4,9-10,15H2,1H3,(H,24,27). The second-order valence-electron chi connectivity index (χ2n) is 7.02. The molecule has 2 amide bonds. The largest absolute Gasteiger partial charge is 0.342 e. The molecule has 6 heteroatoms. The Balaban J connectivity index is 1.64. The van der Waals surface area contributed by atoms with Gasteiger partial charge in [-0.25, -0.2) is 4.39 Å². The second-order valence-corrected chi connectivity index (χ2v) is 8.03. The first-order valence-corrected chi connectivity index (χ1v) is 10.6. The van der Waals surface area contributed by atoms with Gasteiger partial charge in [-0.1, -0.05) is 43.5 Å². The van der Waals surface area contributed by atoms with Crippen LogP contribution in [0.3, 0.4) is 0 Å². The van der Waals surface area contributed by atoms with Crippen LogP contribution in [0.2, 0.25) is 0 Å². The summed E-state index contributed by atoms with van der Waals surface area (Å²) < 4.78 is 13.8. The van der Waals surface area contributed by atoms with Gasteiger partial charge in [-0.2, -0.15) is 0 Å². The van der Waals surface area contributed by atoms with E-state index in [0.29, 0.717) is 16.5 Å². The highest BCUT2D eigenvalue weighted by Crippen LogP contribution is 2.26. The van der Waals surface area contributed by atoms with Crippen molar-refractivity contribution in [2.24, 2.45) is 0 Å². The number of carbonyl (C=O) groups excluding carboxylic acids is 2. The Morgan fingerprint density at radius 1 is 1.07 bits per heavy atom. The van der Waals surface area contributed by atoms with E-state index in [9.17, 15) is 14.0 Å². The van der Waals surface area contributed by atoms with E-state index in [1.807, 2.05) is 24.1 Å². The summed E-state index contributed by atoms with van der Waals surface area (Å²) in [5.74, 6) is -0.524. The fourth-order valence-corrected chi connectivity index (χ4v) is 4.42. The van der Waals surface area contributed by atoms with Crippen LogP contribution in [0.5, 0.6) is 0 Å². The Hall–Kier alpha value is -2.34. The number of nitrogens with zero attached hydrogens (tertiary/aromatic N) is 1. The number of thioether (sulfide) groups is 1. The summed E-state index contributed by atoms with van der Waals surface area (Å²) in [6, 6.07) is 13.5. The minimum Gasteiger partial charge on any atom is -0.342 e. The molecule has 0 atom stereocenters. The van der Waals surface area contributed by atoms with Crippen molar-refractivity contribution in [1.29, 1.82) is 0 Å². The third-order valence-electron chi connectivity index (χ3n) is 5.12. The molecule has 4 nitrogen and oxygen atoms in total. The molecular formula is C22H25FN2O2S. The number of nitrogens with one attached hydrogen (secondary N) is 1. The lowest BCUT2D eigenvalue weighted by Gasteiger charge is -2.31. The van der Waals surface area contributed by atoms with Crippen molar-refractivity contribution < 1.29 is 14.0 Å². The summed E-state index contributed by atoms with van der Waals surface area (Å²) >= 11 is 1.34. The van der Waals surface area contributed by atoms with Crippen LogP contribution in [0.1, 0.15) is 42.5 Å². The minimum absolute atomic E-state index is 0.0706. The van der Waals surface area contributed by atoms with Crippen molar-refractivity contribution in [3.05, 3.63) is 59.9 Å². The normalized spacial score (nSPS) is 14.5. The van der Waals surface area contributed by atoms with Crippen LogP contribution in [-0.2, 0) is 4.79 Å². The van der Waals surface area contributed by atoms with Gasteiger partial charge in [0, 0.05) is 18.0 Å². The lowest BCUT2D eigenvalue weighted by atomic mass is 9.94. The third-order valence-corrected chi connectivity index (χ3v) is 6.18. The molecule has 2 aromatic rings. The second kappa shape index (κ2) is 9.73. The predicted molar refractivity (Wildman–Crippen MR) is 111 cm³/mol. The van der Waals surface area contributed by atoms with Gasteiger partial charge in [0.1, 0.15) is 5.82 Å². The number of rotatable bonds is 6. The van der Waals surface area contributed by atoms with Crippen LogP contribution in [0.25, 0.3) is 0 Å². The number of para-hydroxylation sites is 1. The fourth-order valence-electron chi connectivity index (χ4n) is 3.45. The maximum absolute atomic E-state index is 13.8. The van der Waals surface area contributed by atoms with E-state index in [1.165, 1.54) is 43.2 Å². The number of anilines is 1. The zero-order valence-electron chi connectivity index (χ0n) is 16.0. The van der Waals surface area contributed by atoms with E-state index in [4.69, 9.17) is 0 Å². The van der Waals surface area contributed by atoms with Crippen LogP contribution in [0.15, 0.2) is 53.4 Å². The topological polar surface area (TPSA) is 49.4 Å². The molecule has 0 spiro atoms. The number of hydrogen-bond acceptors (Lipinski definition) is 3. The first-order chi connectivity index (χ1) is 13.6. The van der Waals surface area contributed by atoms with E-state index < -0.39 is 5.82 Å². The van der Waals surface area contributed by atoms with Crippen LogP contribution in [0, 0.1) is 5.82 Å². The lowest BCUT2D eigenvalue weighted by molar-refractivity contribution is -0.129. The first kappa shape index (κ1) is 20.4. The number of halogens is 1. The molecule has 148 valence electrons. The van der Waals surface area contributed by atoms with Gasteiger partial charge in [-0.15, -0.1) is 11.8 Å². The SMILES string of the molecule is CN(C(=O)CSc1ccccc1C(=O)Nc1ccccc1F)C1CCCCC1. The van der Waals surface area contributed by atoms with Crippen LogP contribution in [0.4, 0.5) is 10.1 Å². The van der Waals surface area contributed by atoms with Crippen LogP contribution in [-0.4, -0.2) is 35.6 Å². The van der Waals surface area contributed by atoms with Gasteiger partial charge in [0.15, 0.2) is 0 Å². The van der Waals surface area contributed by atoms with Gasteiger partial charge in [0.25, 0.3) is 5.91 Å². The summed E-state index contributed by atoms with van der Waals surface area (Å²) in [5, 5.41) is 2.61. The molecule has 1 saturated carbocycles. The first-order valence-electron chi connectivity index (χ1n) is 9.59. The Labute approximate surface area is 169 Å². The number of benzene rings is 2. The van der Waals surface area contributed by atoms with Crippen molar-refractivity contribution in [2.75, 3.05) is 18.1 Å². The zero-order valence-corrected chi connectivity index (χ0v) is 16.8. The van der Waals surface area contributed by atoms with E-state index >= 15 is 0 Å². The molecule has 1 fully saturated rings. The highest BCUT2D eigenvalue weighted by Gasteiger charge is 2.22. The Morgan fingerprint density at radius 2 is 1.75 bits per heavy atom. The molecule has 0 radical (unpaired) electrons. The third kappa shape index (κ3) is 5.13. The molecule has 0 saturated heterocycles. The van der Waals surface area contributed by atoms with Crippen molar-refractivity contribution in [3.8, 4) is 0 Å². The van der Waals surface area contributed by atoms with E-state index in [0.717, 1.165) is 12.8 Å². The van der Waals surface area contributed by atoms with Gasteiger partial charge < -0.3 is 10.2 Å². The van der Waals surface area contributed by atoms with Gasteiger partial charge in [0.05, 0.1) is 17.0 Å². The Bertz CT molecular complexity index is 837. The molecule has 1 aliphatic carbocycles. The molecule has 2 aromatic carbocycles. The van der Waals surface area contributed by atoms with E-state index in [-0.39, 0.29) is 23.3 Å². The van der Waals surface area contributed by atoms with Crippen molar-refractivity contribution in [2.45, 2.75) is 43.0 Å². The molecule has 0 unspecified atom stereocenters. The molecule has 28 heavy (non-hydrogen) atoms. The predicted octanol–water partition coefficient (Wildman–Crippen LogP) is 4.96. The number of hydrogen-bond donors (Lipinski definition) is 1. The fraction of sp³-hybridized carbons (Fsp3) is 0.364. The lowest BCUT2D eigenvalue weighted by Crippen LogP contribution is -2.39. The zero-order chi connectivity index (χ0) is 19.9. The average Bonchev–Trinajstić information content (AvgIpc) is 2.74. The van der Waals surface area contributed by atoms with Crippen molar-refractivity contribution >= 4 is 29.3 Å². The van der Waals surface area contributed by atoms with Crippen LogP contribution < -0.4 is 5.32 Å². The summed E-state index contributed by atoms with van der Waals surface area (Å²) in [7, 11) is 1.87. The smallest absolute Gasteiger partial charge is 0.256 e. The van der Waals surface area contributed by atoms with Gasteiger partial charge in [-0.05, 0) is 37.1 Å². The summed E-state index contributed by atoms with van der Waals surface area (Å²) in [6.45, 7) is 0. The molecule has 0 aliphatic heterocycles. The van der Waals surface area contributed by atoms with E-state index in [2.05, 4.69) is 5.32 Å². The Kier molecular flexibility index (Phi) is 7.09. The van der Waals surface area contributed by atoms with Crippen LogP contribution >= 0.6 is 11.8 Å². The molecule has 1 N–H and O–H groups in total. The van der Waals surface area contributed by atoms with Gasteiger partial charge in [-0.3, -0.25) is 9.59 Å². The molecule has 0 heterocycles. The summed E-state index contributed by atoms with van der Waals surface area (Å²) in [5.41, 5.74) is 0.573. The Morgan fingerprint density at radius 3 is 2.50 bits per heavy atom. The number of amides is 2. The summed E-state index contributed by atoms with van der Waals surface area (Å²) in [6.07, 6.45) is 5.73. The maximum Gasteiger partial charge on any atom is 0.256 e. The molecule has 1 aliphatic rings. The molecule has 0 aromatic heterocycles. The van der Waals surface area contributed by atoms with Crippen molar-refractivity contribution in [1.82, 2.24) is 4.90 Å². The quantitative estimate of drug-likeness (QED) is 0.697. The van der Waals surface area contributed by atoms with Gasteiger partial charge >= 0.3 is 0 Å².